The number of ether oxygens (including phenoxy) is 1. The lowest BCUT2D eigenvalue weighted by atomic mass is 10.1. The highest BCUT2D eigenvalue weighted by molar-refractivity contribution is 7.89. The third-order valence-corrected chi connectivity index (χ3v) is 4.43. The molecule has 19 heavy (non-hydrogen) atoms. The summed E-state index contributed by atoms with van der Waals surface area (Å²) in [5.74, 6) is -0.729. The molecule has 1 aliphatic heterocycles. The van der Waals surface area contributed by atoms with Crippen LogP contribution in [-0.2, 0) is 14.8 Å². The highest BCUT2D eigenvalue weighted by Gasteiger charge is 2.22. The smallest absolute Gasteiger partial charge is 0.240 e. The average Bonchev–Trinajstić information content (AvgIpc) is 2.39. The number of nitrogens with one attached hydrogen (secondary N) is 1. The predicted molar refractivity (Wildman–Crippen MR) is 65.3 cm³/mol. The third-order valence-electron chi connectivity index (χ3n) is 2.91. The first kappa shape index (κ1) is 13.9. The molecule has 0 spiro atoms. The molecule has 2 rings (SSSR count). The molecule has 1 N–H and O–H groups in total. The molecule has 0 saturated carbocycles. The van der Waals surface area contributed by atoms with E-state index in [9.17, 15) is 12.8 Å². The number of rotatable bonds is 3. The predicted octanol–water partition coefficient (Wildman–Crippen LogP) is 1.15. The van der Waals surface area contributed by atoms with E-state index >= 15 is 0 Å². The fourth-order valence-corrected chi connectivity index (χ4v) is 3.19. The third kappa shape index (κ3) is 3.29. The number of sulfonamides is 1. The molecule has 1 aromatic rings. The Morgan fingerprint density at radius 1 is 1.37 bits per heavy atom. The zero-order valence-corrected chi connectivity index (χ0v) is 10.9. The second-order valence-electron chi connectivity index (χ2n) is 4.26. The molecule has 7 heteroatoms. The van der Waals surface area contributed by atoms with Crippen molar-refractivity contribution in [3.63, 3.8) is 0 Å². The van der Waals surface area contributed by atoms with Crippen LogP contribution in [-0.4, -0.2) is 27.7 Å². The molecule has 0 unspecified atom stereocenters. The standard InChI is InChI=1S/C12H13FN2O3S/c13-12-2-1-11(7-9(12)8-14)19(16,17)15-10-3-5-18-6-4-10/h1-2,7,10,15H,3-6H2. The second-order valence-corrected chi connectivity index (χ2v) is 5.98. The van der Waals surface area contributed by atoms with Gasteiger partial charge in [-0.15, -0.1) is 0 Å². The van der Waals surface area contributed by atoms with Gasteiger partial charge in [0, 0.05) is 19.3 Å². The summed E-state index contributed by atoms with van der Waals surface area (Å²) in [6.45, 7) is 1.03. The number of halogens is 1. The highest BCUT2D eigenvalue weighted by Crippen LogP contribution is 2.16. The van der Waals surface area contributed by atoms with Crippen molar-refractivity contribution in [1.82, 2.24) is 4.72 Å². The summed E-state index contributed by atoms with van der Waals surface area (Å²) in [5.41, 5.74) is -0.283. The van der Waals surface area contributed by atoms with Gasteiger partial charge in [0.2, 0.25) is 10.0 Å². The fraction of sp³-hybridized carbons (Fsp3) is 0.417. The summed E-state index contributed by atoms with van der Waals surface area (Å²) < 4.78 is 45.0. The zero-order valence-electron chi connectivity index (χ0n) is 10.1. The number of benzene rings is 1. The van der Waals surface area contributed by atoms with Gasteiger partial charge in [0.25, 0.3) is 0 Å². The summed E-state index contributed by atoms with van der Waals surface area (Å²) in [6.07, 6.45) is 1.21. The zero-order chi connectivity index (χ0) is 13.9. The van der Waals surface area contributed by atoms with E-state index in [1.54, 1.807) is 6.07 Å². The van der Waals surface area contributed by atoms with E-state index < -0.39 is 15.8 Å². The van der Waals surface area contributed by atoms with Crippen LogP contribution in [0, 0.1) is 17.1 Å². The molecule has 1 fully saturated rings. The van der Waals surface area contributed by atoms with Crippen LogP contribution in [0.2, 0.25) is 0 Å². The Bertz CT molecular complexity index is 604. The summed E-state index contributed by atoms with van der Waals surface area (Å²) in [7, 11) is -3.73. The molecular formula is C12H13FN2O3S. The van der Waals surface area contributed by atoms with Crippen molar-refractivity contribution in [3.8, 4) is 6.07 Å². The molecule has 1 aliphatic rings. The molecule has 0 atom stereocenters. The van der Waals surface area contributed by atoms with Crippen LogP contribution in [0.25, 0.3) is 0 Å². The number of hydrogen-bond acceptors (Lipinski definition) is 4. The molecule has 5 nitrogen and oxygen atoms in total. The molecule has 1 aromatic carbocycles. The average molecular weight is 284 g/mol. The van der Waals surface area contributed by atoms with E-state index in [0.717, 1.165) is 18.2 Å². The minimum atomic E-state index is -3.73. The molecule has 1 saturated heterocycles. The fourth-order valence-electron chi connectivity index (χ4n) is 1.86. The Labute approximate surface area is 111 Å². The van der Waals surface area contributed by atoms with Crippen LogP contribution < -0.4 is 4.72 Å². The van der Waals surface area contributed by atoms with Crippen LogP contribution >= 0.6 is 0 Å². The lowest BCUT2D eigenvalue weighted by molar-refractivity contribution is 0.0832. The molecule has 102 valence electrons. The van der Waals surface area contributed by atoms with Crippen molar-refractivity contribution in [2.24, 2.45) is 0 Å². The van der Waals surface area contributed by atoms with Gasteiger partial charge in [0.05, 0.1) is 10.5 Å². The van der Waals surface area contributed by atoms with Gasteiger partial charge in [0.15, 0.2) is 0 Å². The lowest BCUT2D eigenvalue weighted by Gasteiger charge is -2.22. The normalized spacial score (nSPS) is 17.1. The Morgan fingerprint density at radius 2 is 2.05 bits per heavy atom. The maximum absolute atomic E-state index is 13.2. The summed E-state index contributed by atoms with van der Waals surface area (Å²) in [6, 6.07) is 4.61. The second kappa shape index (κ2) is 5.65. The topological polar surface area (TPSA) is 79.2 Å². The van der Waals surface area contributed by atoms with Crippen molar-refractivity contribution >= 4 is 10.0 Å². The van der Waals surface area contributed by atoms with Gasteiger partial charge in [-0.25, -0.2) is 17.5 Å². The van der Waals surface area contributed by atoms with Crippen molar-refractivity contribution in [2.75, 3.05) is 13.2 Å². The van der Waals surface area contributed by atoms with Crippen LogP contribution in [0.4, 0.5) is 4.39 Å². The molecule has 1 heterocycles. The molecule has 0 bridgehead atoms. The first-order chi connectivity index (χ1) is 9.03. The Hall–Kier alpha value is -1.49. The van der Waals surface area contributed by atoms with Gasteiger partial charge in [-0.1, -0.05) is 0 Å². The van der Waals surface area contributed by atoms with Crippen LogP contribution in [0.3, 0.4) is 0 Å². The first-order valence-electron chi connectivity index (χ1n) is 5.82. The van der Waals surface area contributed by atoms with Gasteiger partial charge in [-0.05, 0) is 31.0 Å². The van der Waals surface area contributed by atoms with E-state index in [0.29, 0.717) is 26.1 Å². The summed E-state index contributed by atoms with van der Waals surface area (Å²) in [4.78, 5) is -0.100. The van der Waals surface area contributed by atoms with Gasteiger partial charge in [-0.2, -0.15) is 5.26 Å². The Kier molecular flexibility index (Phi) is 4.14. The van der Waals surface area contributed by atoms with Crippen molar-refractivity contribution < 1.29 is 17.5 Å². The molecule has 0 aliphatic carbocycles. The summed E-state index contributed by atoms with van der Waals surface area (Å²) in [5, 5.41) is 8.71. The largest absolute Gasteiger partial charge is 0.381 e. The van der Waals surface area contributed by atoms with Crippen molar-refractivity contribution in [3.05, 3.63) is 29.6 Å². The number of hydrogen-bond donors (Lipinski definition) is 1. The van der Waals surface area contributed by atoms with E-state index in [2.05, 4.69) is 4.72 Å². The van der Waals surface area contributed by atoms with E-state index in [1.807, 2.05) is 0 Å². The first-order valence-corrected chi connectivity index (χ1v) is 7.31. The van der Waals surface area contributed by atoms with Crippen molar-refractivity contribution in [1.29, 1.82) is 5.26 Å². The molecular weight excluding hydrogens is 271 g/mol. The van der Waals surface area contributed by atoms with Gasteiger partial charge >= 0.3 is 0 Å². The van der Waals surface area contributed by atoms with Gasteiger partial charge in [-0.3, -0.25) is 0 Å². The quantitative estimate of drug-likeness (QED) is 0.903. The molecule has 0 aromatic heterocycles. The van der Waals surface area contributed by atoms with Crippen LogP contribution in [0.1, 0.15) is 18.4 Å². The molecule has 0 amide bonds. The van der Waals surface area contributed by atoms with Crippen LogP contribution in [0.5, 0.6) is 0 Å². The van der Waals surface area contributed by atoms with Crippen molar-refractivity contribution in [2.45, 2.75) is 23.8 Å². The minimum Gasteiger partial charge on any atom is -0.381 e. The van der Waals surface area contributed by atoms with Gasteiger partial charge < -0.3 is 4.74 Å². The summed E-state index contributed by atoms with van der Waals surface area (Å²) >= 11 is 0. The maximum Gasteiger partial charge on any atom is 0.240 e. The minimum absolute atomic E-state index is 0.100. The van der Waals surface area contributed by atoms with E-state index in [4.69, 9.17) is 10.00 Å². The SMILES string of the molecule is N#Cc1cc(S(=O)(=O)NC2CCOCC2)ccc1F. The molecule has 0 radical (unpaired) electrons. The van der Waals surface area contributed by atoms with Gasteiger partial charge in [0.1, 0.15) is 11.9 Å². The highest BCUT2D eigenvalue weighted by atomic mass is 32.2. The van der Waals surface area contributed by atoms with E-state index in [-0.39, 0.29) is 16.5 Å². The van der Waals surface area contributed by atoms with Crippen LogP contribution in [0.15, 0.2) is 23.1 Å². The monoisotopic (exact) mass is 284 g/mol. The number of nitriles is 1. The number of nitrogens with zero attached hydrogens (tertiary/aromatic N) is 1. The maximum atomic E-state index is 13.2. The lowest BCUT2D eigenvalue weighted by Crippen LogP contribution is -2.38. The Morgan fingerprint density at radius 3 is 2.68 bits per heavy atom. The van der Waals surface area contributed by atoms with E-state index in [1.165, 1.54) is 0 Å². The Balaban J connectivity index is 2.21.